The lowest BCUT2D eigenvalue weighted by Crippen LogP contribution is -2.42. The van der Waals surface area contributed by atoms with E-state index in [1.807, 2.05) is 24.3 Å². The zero-order valence-corrected chi connectivity index (χ0v) is 15.1. The van der Waals surface area contributed by atoms with Crippen LogP contribution in [-0.2, 0) is 10.4 Å². The Kier molecular flexibility index (Phi) is 4.33. The first-order valence-corrected chi connectivity index (χ1v) is 8.68. The minimum Gasteiger partial charge on any atom is -0.504 e. The Bertz CT molecular complexity index is 1050. The number of nitrogens with zero attached hydrogens (tertiary/aromatic N) is 1. The highest BCUT2D eigenvalue weighted by Gasteiger charge is 2.47. The number of hydrogen-bond donors (Lipinski definition) is 3. The van der Waals surface area contributed by atoms with Gasteiger partial charge in [-0.25, -0.2) is 5.43 Å². The van der Waals surface area contributed by atoms with Crippen molar-refractivity contribution in [3.05, 3.63) is 83.4 Å². The van der Waals surface area contributed by atoms with E-state index in [2.05, 4.69) is 10.5 Å². The van der Waals surface area contributed by atoms with E-state index in [9.17, 15) is 15.0 Å². The molecule has 0 aliphatic heterocycles. The zero-order chi connectivity index (χ0) is 19.7. The van der Waals surface area contributed by atoms with Gasteiger partial charge < -0.3 is 14.9 Å². The van der Waals surface area contributed by atoms with Gasteiger partial charge in [0.2, 0.25) is 0 Å². The van der Waals surface area contributed by atoms with Crippen molar-refractivity contribution in [1.82, 2.24) is 5.43 Å². The van der Waals surface area contributed by atoms with E-state index in [-0.39, 0.29) is 5.75 Å². The number of phenolic OH excluding ortho intramolecular Hbond substituents is 1. The first-order valence-electron chi connectivity index (χ1n) is 8.68. The van der Waals surface area contributed by atoms with Gasteiger partial charge in [-0.05, 0) is 34.9 Å². The maximum Gasteiger partial charge on any atom is 0.281 e. The molecule has 0 fully saturated rings. The number of aliphatic hydroxyl groups is 1. The number of hydrogen-bond acceptors (Lipinski definition) is 5. The lowest BCUT2D eigenvalue weighted by molar-refractivity contribution is -0.136. The molecule has 0 aromatic heterocycles. The number of aromatic hydroxyl groups is 1. The van der Waals surface area contributed by atoms with E-state index in [0.29, 0.717) is 22.4 Å². The van der Waals surface area contributed by atoms with Crippen LogP contribution in [0.2, 0.25) is 0 Å². The van der Waals surface area contributed by atoms with Crippen LogP contribution in [0.5, 0.6) is 11.5 Å². The van der Waals surface area contributed by atoms with Crippen molar-refractivity contribution >= 4 is 12.1 Å². The fourth-order valence-electron chi connectivity index (χ4n) is 3.48. The molecular formula is C22H18N2O4. The lowest BCUT2D eigenvalue weighted by atomic mass is 9.91. The number of fused-ring (bicyclic) bond motifs is 3. The fraction of sp³-hybridized carbons (Fsp3) is 0.0909. The lowest BCUT2D eigenvalue weighted by Gasteiger charge is -2.23. The van der Waals surface area contributed by atoms with Crippen LogP contribution in [0.1, 0.15) is 16.7 Å². The average molecular weight is 374 g/mol. The summed E-state index contributed by atoms with van der Waals surface area (Å²) in [4.78, 5) is 12.9. The van der Waals surface area contributed by atoms with Gasteiger partial charge in [0.05, 0.1) is 13.3 Å². The van der Waals surface area contributed by atoms with E-state index in [1.165, 1.54) is 19.4 Å². The summed E-state index contributed by atoms with van der Waals surface area (Å²) >= 11 is 0. The summed E-state index contributed by atoms with van der Waals surface area (Å²) in [7, 11) is 1.45. The molecule has 1 aliphatic rings. The second-order valence-corrected chi connectivity index (χ2v) is 6.43. The number of rotatable bonds is 4. The molecule has 0 heterocycles. The summed E-state index contributed by atoms with van der Waals surface area (Å²) < 4.78 is 5.05. The van der Waals surface area contributed by atoms with E-state index < -0.39 is 11.5 Å². The van der Waals surface area contributed by atoms with Crippen molar-refractivity contribution in [2.24, 2.45) is 5.10 Å². The molecule has 0 saturated heterocycles. The Morgan fingerprint density at radius 1 is 1.04 bits per heavy atom. The Morgan fingerprint density at radius 3 is 2.25 bits per heavy atom. The number of benzene rings is 3. The highest BCUT2D eigenvalue weighted by Crippen LogP contribution is 2.47. The number of carbonyl (C=O) groups is 1. The van der Waals surface area contributed by atoms with E-state index >= 15 is 0 Å². The van der Waals surface area contributed by atoms with Gasteiger partial charge >= 0.3 is 0 Å². The molecule has 3 N–H and O–H groups in total. The monoisotopic (exact) mass is 374 g/mol. The average Bonchev–Trinajstić information content (AvgIpc) is 3.00. The summed E-state index contributed by atoms with van der Waals surface area (Å²) in [6.07, 6.45) is 1.41. The third-order valence-corrected chi connectivity index (χ3v) is 4.84. The van der Waals surface area contributed by atoms with E-state index in [0.717, 1.165) is 11.1 Å². The minimum atomic E-state index is -1.82. The summed E-state index contributed by atoms with van der Waals surface area (Å²) in [5.41, 5.74) is 3.91. The first kappa shape index (κ1) is 17.8. The van der Waals surface area contributed by atoms with Crippen molar-refractivity contribution in [2.75, 3.05) is 7.11 Å². The molecule has 3 aromatic carbocycles. The van der Waals surface area contributed by atoms with Gasteiger partial charge in [-0.2, -0.15) is 5.10 Å². The zero-order valence-electron chi connectivity index (χ0n) is 15.1. The maximum absolute atomic E-state index is 12.9. The SMILES string of the molecule is COc1cc(/C=N/NC(=O)C2(O)c3ccccc3-c3ccccc32)ccc1O. The fourth-order valence-corrected chi connectivity index (χ4v) is 3.48. The molecule has 6 heteroatoms. The van der Waals surface area contributed by atoms with Gasteiger partial charge in [-0.1, -0.05) is 48.5 Å². The summed E-state index contributed by atoms with van der Waals surface area (Å²) in [6.45, 7) is 0. The molecule has 3 aromatic rings. The molecule has 1 amide bonds. The number of methoxy groups -OCH3 is 1. The summed E-state index contributed by atoms with van der Waals surface area (Å²) in [5.74, 6) is -0.336. The highest BCUT2D eigenvalue weighted by molar-refractivity contribution is 5.99. The molecule has 140 valence electrons. The van der Waals surface area contributed by atoms with Gasteiger partial charge in [-0.15, -0.1) is 0 Å². The molecule has 28 heavy (non-hydrogen) atoms. The molecular weight excluding hydrogens is 356 g/mol. The number of phenols is 1. The Morgan fingerprint density at radius 2 is 1.64 bits per heavy atom. The Hall–Kier alpha value is -3.64. The van der Waals surface area contributed by atoms with Gasteiger partial charge in [0.15, 0.2) is 17.1 Å². The van der Waals surface area contributed by atoms with Gasteiger partial charge in [0.25, 0.3) is 5.91 Å². The van der Waals surface area contributed by atoms with Gasteiger partial charge in [0.1, 0.15) is 0 Å². The first-order chi connectivity index (χ1) is 13.6. The number of nitrogens with one attached hydrogen (secondary N) is 1. The van der Waals surface area contributed by atoms with Crippen LogP contribution in [0.25, 0.3) is 11.1 Å². The smallest absolute Gasteiger partial charge is 0.281 e. The van der Waals surface area contributed by atoms with Crippen LogP contribution < -0.4 is 10.2 Å². The van der Waals surface area contributed by atoms with Crippen molar-refractivity contribution in [3.63, 3.8) is 0 Å². The number of carbonyl (C=O) groups excluding carboxylic acids is 1. The van der Waals surface area contributed by atoms with Crippen LogP contribution in [0.4, 0.5) is 0 Å². The summed E-state index contributed by atoms with van der Waals surface area (Å²) in [6, 6.07) is 19.2. The molecule has 0 unspecified atom stereocenters. The highest BCUT2D eigenvalue weighted by atomic mass is 16.5. The Labute approximate surface area is 161 Å². The number of amides is 1. The predicted octanol–water partition coefficient (Wildman–Crippen LogP) is 2.77. The van der Waals surface area contributed by atoms with Crippen molar-refractivity contribution in [2.45, 2.75) is 5.60 Å². The third-order valence-electron chi connectivity index (χ3n) is 4.84. The minimum absolute atomic E-state index is 0.0113. The van der Waals surface area contributed by atoms with Gasteiger partial charge in [0, 0.05) is 11.1 Å². The van der Waals surface area contributed by atoms with Crippen LogP contribution in [0.15, 0.2) is 71.8 Å². The second kappa shape index (κ2) is 6.83. The third kappa shape index (κ3) is 2.71. The standard InChI is InChI=1S/C22H18N2O4/c1-28-20-12-14(10-11-19(20)25)13-23-24-21(26)22(27)17-8-4-2-6-15(17)16-7-3-5-9-18(16)22/h2-13,25,27H,1H3,(H,24,26)/b23-13+. The topological polar surface area (TPSA) is 91.2 Å². The number of hydrazone groups is 1. The van der Waals surface area contributed by atoms with Crippen LogP contribution in [0.3, 0.4) is 0 Å². The Balaban J connectivity index is 1.63. The van der Waals surface area contributed by atoms with Crippen molar-refractivity contribution in [1.29, 1.82) is 0 Å². The second-order valence-electron chi connectivity index (χ2n) is 6.43. The predicted molar refractivity (Wildman–Crippen MR) is 105 cm³/mol. The molecule has 0 atom stereocenters. The molecule has 0 spiro atoms. The summed E-state index contributed by atoms with van der Waals surface area (Å²) in [5, 5.41) is 24.9. The number of ether oxygens (including phenoxy) is 1. The molecule has 1 aliphatic carbocycles. The van der Waals surface area contributed by atoms with E-state index in [4.69, 9.17) is 4.74 Å². The van der Waals surface area contributed by atoms with Crippen LogP contribution >= 0.6 is 0 Å². The van der Waals surface area contributed by atoms with Crippen LogP contribution in [-0.4, -0.2) is 29.4 Å². The quantitative estimate of drug-likeness (QED) is 0.484. The molecule has 0 saturated carbocycles. The normalized spacial score (nSPS) is 13.8. The largest absolute Gasteiger partial charge is 0.504 e. The molecule has 6 nitrogen and oxygen atoms in total. The van der Waals surface area contributed by atoms with Crippen LogP contribution in [0, 0.1) is 0 Å². The molecule has 0 bridgehead atoms. The molecule has 0 radical (unpaired) electrons. The molecule has 4 rings (SSSR count). The van der Waals surface area contributed by atoms with Crippen molar-refractivity contribution in [3.8, 4) is 22.6 Å². The maximum atomic E-state index is 12.9. The van der Waals surface area contributed by atoms with Crippen molar-refractivity contribution < 1.29 is 19.7 Å². The van der Waals surface area contributed by atoms with E-state index in [1.54, 1.807) is 36.4 Å². The van der Waals surface area contributed by atoms with Gasteiger partial charge in [-0.3, -0.25) is 4.79 Å².